The van der Waals surface area contributed by atoms with E-state index in [1.54, 1.807) is 6.08 Å². The van der Waals surface area contributed by atoms with E-state index in [0.717, 1.165) is 6.42 Å². The highest BCUT2D eigenvalue weighted by atomic mass is 16.5. The van der Waals surface area contributed by atoms with Crippen LogP contribution >= 0.6 is 0 Å². The first-order valence-corrected chi connectivity index (χ1v) is 6.57. The third-order valence-corrected chi connectivity index (χ3v) is 2.76. The minimum atomic E-state index is -0.259. The summed E-state index contributed by atoms with van der Waals surface area (Å²) in [7, 11) is 1.40. The van der Waals surface area contributed by atoms with Gasteiger partial charge in [-0.1, -0.05) is 44.6 Å². The minimum absolute atomic E-state index is 0.259. The normalized spacial score (nSPS) is 13.2. The molecule has 0 saturated carbocycles. The Bertz CT molecular complexity index is 298. The summed E-state index contributed by atoms with van der Waals surface area (Å²) in [5.41, 5.74) is 2.02. The molecule has 2 heteroatoms. The molecule has 18 heavy (non-hydrogen) atoms. The summed E-state index contributed by atoms with van der Waals surface area (Å²) in [5, 5.41) is 0. The van der Waals surface area contributed by atoms with Crippen molar-refractivity contribution in [1.29, 1.82) is 0 Å². The van der Waals surface area contributed by atoms with E-state index >= 15 is 0 Å². The maximum atomic E-state index is 11.4. The third-order valence-electron chi connectivity index (χ3n) is 2.76. The van der Waals surface area contributed by atoms with Crippen LogP contribution in [0.5, 0.6) is 0 Å². The van der Waals surface area contributed by atoms with Gasteiger partial charge < -0.3 is 4.74 Å². The first kappa shape index (κ1) is 19.0. The summed E-state index contributed by atoms with van der Waals surface area (Å²) in [4.78, 5) is 11.4. The molecule has 0 fully saturated rings. The van der Waals surface area contributed by atoms with Crippen molar-refractivity contribution in [3.63, 3.8) is 0 Å². The molecule has 0 aliphatic heterocycles. The van der Waals surface area contributed by atoms with Crippen LogP contribution in [0.15, 0.2) is 36.0 Å². The largest absolute Gasteiger partial charge is 0.466 e. The van der Waals surface area contributed by atoms with Crippen LogP contribution in [-0.2, 0) is 9.53 Å². The Hall–Kier alpha value is -1.31. The van der Waals surface area contributed by atoms with E-state index in [2.05, 4.69) is 26.5 Å². The van der Waals surface area contributed by atoms with Crippen molar-refractivity contribution in [3.8, 4) is 0 Å². The summed E-state index contributed by atoms with van der Waals surface area (Å²) in [5.74, 6) is 0.194. The van der Waals surface area contributed by atoms with Crippen molar-refractivity contribution in [1.82, 2.24) is 0 Å². The molecule has 2 nitrogen and oxygen atoms in total. The van der Waals surface area contributed by atoms with Gasteiger partial charge in [-0.15, -0.1) is 6.58 Å². The molecular formula is C16H28O2. The fourth-order valence-corrected chi connectivity index (χ4v) is 1.33. The van der Waals surface area contributed by atoms with Gasteiger partial charge >= 0.3 is 5.97 Å². The van der Waals surface area contributed by atoms with Gasteiger partial charge in [-0.3, -0.25) is 0 Å². The van der Waals surface area contributed by atoms with E-state index in [1.165, 1.54) is 12.7 Å². The molecule has 0 amide bonds. The lowest BCUT2D eigenvalue weighted by atomic mass is 9.97. The van der Waals surface area contributed by atoms with Crippen LogP contribution in [0.25, 0.3) is 0 Å². The predicted octanol–water partition coefficient (Wildman–Crippen LogP) is 4.68. The highest BCUT2D eigenvalue weighted by Gasteiger charge is 2.08. The molecule has 1 unspecified atom stereocenters. The van der Waals surface area contributed by atoms with Crippen LogP contribution in [0, 0.1) is 5.92 Å². The second-order valence-electron chi connectivity index (χ2n) is 3.88. The zero-order valence-electron chi connectivity index (χ0n) is 12.7. The van der Waals surface area contributed by atoms with Crippen LogP contribution in [0.1, 0.15) is 47.5 Å². The number of carbonyl (C=O) groups is 1. The van der Waals surface area contributed by atoms with E-state index in [-0.39, 0.29) is 5.97 Å². The molecule has 0 heterocycles. The molecular weight excluding hydrogens is 224 g/mol. The number of ether oxygens (including phenoxy) is 1. The number of allylic oxidation sites excluding steroid dienone is 4. The lowest BCUT2D eigenvalue weighted by Gasteiger charge is -2.10. The summed E-state index contributed by atoms with van der Waals surface area (Å²) in [6, 6.07) is 0. The maximum Gasteiger partial charge on any atom is 0.333 e. The SMILES string of the molecule is C=CC/C(=C\CC(C)/C(C)=C/C)C(=O)OC.CC. The Morgan fingerprint density at radius 3 is 2.33 bits per heavy atom. The van der Waals surface area contributed by atoms with E-state index in [0.29, 0.717) is 17.9 Å². The Balaban J connectivity index is 0. The molecule has 0 aromatic heterocycles. The molecule has 0 aliphatic carbocycles. The molecule has 0 rings (SSSR count). The summed E-state index contributed by atoms with van der Waals surface area (Å²) < 4.78 is 4.71. The van der Waals surface area contributed by atoms with Gasteiger partial charge in [0.05, 0.1) is 7.11 Å². The fraction of sp³-hybridized carbons (Fsp3) is 0.562. The average molecular weight is 252 g/mol. The van der Waals surface area contributed by atoms with Gasteiger partial charge in [0.25, 0.3) is 0 Å². The molecule has 0 aromatic carbocycles. The van der Waals surface area contributed by atoms with Crippen LogP contribution in [-0.4, -0.2) is 13.1 Å². The minimum Gasteiger partial charge on any atom is -0.466 e. The first-order valence-electron chi connectivity index (χ1n) is 6.57. The van der Waals surface area contributed by atoms with Gasteiger partial charge in [-0.2, -0.15) is 0 Å². The smallest absolute Gasteiger partial charge is 0.333 e. The second kappa shape index (κ2) is 12.2. The van der Waals surface area contributed by atoms with Gasteiger partial charge in [0.1, 0.15) is 0 Å². The number of hydrogen-bond acceptors (Lipinski definition) is 2. The van der Waals surface area contributed by atoms with Crippen LogP contribution in [0.4, 0.5) is 0 Å². The highest BCUT2D eigenvalue weighted by Crippen LogP contribution is 2.17. The van der Waals surface area contributed by atoms with Gasteiger partial charge in [-0.25, -0.2) is 4.79 Å². The lowest BCUT2D eigenvalue weighted by molar-refractivity contribution is -0.136. The quantitative estimate of drug-likeness (QED) is 0.390. The van der Waals surface area contributed by atoms with E-state index in [9.17, 15) is 4.79 Å². The Labute approximate surface area is 112 Å². The van der Waals surface area contributed by atoms with Crippen molar-refractivity contribution < 1.29 is 9.53 Å². The third kappa shape index (κ3) is 7.88. The van der Waals surface area contributed by atoms with Gasteiger partial charge in [0, 0.05) is 5.57 Å². The van der Waals surface area contributed by atoms with Gasteiger partial charge in [0.15, 0.2) is 0 Å². The van der Waals surface area contributed by atoms with E-state index in [1.807, 2.05) is 26.8 Å². The summed E-state index contributed by atoms with van der Waals surface area (Å²) >= 11 is 0. The van der Waals surface area contributed by atoms with Gasteiger partial charge in [0.2, 0.25) is 0 Å². The standard InChI is InChI=1S/C14H22O2.C2H6/c1-6-8-13(14(15)16-5)10-9-12(4)11(3)7-2;1-2/h6-7,10,12H,1,8-9H2,2-5H3;1-2H3/b11-7+,13-10+;. The lowest BCUT2D eigenvalue weighted by Crippen LogP contribution is -2.05. The summed E-state index contributed by atoms with van der Waals surface area (Å²) in [6.45, 7) is 13.9. The topological polar surface area (TPSA) is 26.3 Å². The van der Waals surface area contributed by atoms with Crippen molar-refractivity contribution in [3.05, 3.63) is 36.0 Å². The zero-order chi connectivity index (χ0) is 14.6. The predicted molar refractivity (Wildman–Crippen MR) is 79.5 cm³/mol. The average Bonchev–Trinajstić information content (AvgIpc) is 2.43. The monoisotopic (exact) mass is 252 g/mol. The summed E-state index contributed by atoms with van der Waals surface area (Å²) in [6.07, 6.45) is 7.19. The van der Waals surface area contributed by atoms with E-state index < -0.39 is 0 Å². The number of esters is 1. The van der Waals surface area contributed by atoms with E-state index in [4.69, 9.17) is 4.74 Å². The molecule has 0 saturated heterocycles. The van der Waals surface area contributed by atoms with Crippen molar-refractivity contribution in [2.24, 2.45) is 5.92 Å². The van der Waals surface area contributed by atoms with Gasteiger partial charge in [-0.05, 0) is 32.6 Å². The first-order chi connectivity index (χ1) is 8.56. The number of rotatable bonds is 6. The van der Waals surface area contributed by atoms with Crippen molar-refractivity contribution >= 4 is 5.97 Å². The number of methoxy groups -OCH3 is 1. The molecule has 1 atom stereocenters. The van der Waals surface area contributed by atoms with Crippen molar-refractivity contribution in [2.45, 2.75) is 47.5 Å². The molecule has 0 radical (unpaired) electrons. The Morgan fingerprint density at radius 1 is 1.39 bits per heavy atom. The van der Waals surface area contributed by atoms with Crippen molar-refractivity contribution in [2.75, 3.05) is 7.11 Å². The zero-order valence-corrected chi connectivity index (χ0v) is 12.7. The second-order valence-corrected chi connectivity index (χ2v) is 3.88. The maximum absolute atomic E-state index is 11.4. The van der Waals surface area contributed by atoms with Crippen LogP contribution in [0.2, 0.25) is 0 Å². The fourth-order valence-electron chi connectivity index (χ4n) is 1.33. The van der Waals surface area contributed by atoms with Crippen LogP contribution < -0.4 is 0 Å². The Kier molecular flexibility index (Phi) is 12.9. The molecule has 0 aliphatic rings. The molecule has 0 bridgehead atoms. The molecule has 104 valence electrons. The number of carbonyl (C=O) groups excluding carboxylic acids is 1. The van der Waals surface area contributed by atoms with Crippen LogP contribution in [0.3, 0.4) is 0 Å². The highest BCUT2D eigenvalue weighted by molar-refractivity contribution is 5.88. The Morgan fingerprint density at radius 2 is 1.94 bits per heavy atom. The number of hydrogen-bond donors (Lipinski definition) is 0. The molecule has 0 N–H and O–H groups in total. The molecule has 0 spiro atoms. The molecule has 0 aromatic rings.